The third kappa shape index (κ3) is 5.61. The number of nitrogens with zero attached hydrogens (tertiary/aromatic N) is 2. The molecule has 0 bridgehead atoms. The lowest BCUT2D eigenvalue weighted by molar-refractivity contribution is -0.139. The van der Waals surface area contributed by atoms with Gasteiger partial charge in [0.2, 0.25) is 0 Å². The number of esters is 1. The van der Waals surface area contributed by atoms with Crippen molar-refractivity contribution in [1.29, 1.82) is 0 Å². The van der Waals surface area contributed by atoms with E-state index in [1.165, 1.54) is 23.0 Å². The van der Waals surface area contributed by atoms with Crippen LogP contribution in [0.5, 0.6) is 17.2 Å². The second kappa shape index (κ2) is 12.0. The van der Waals surface area contributed by atoms with Crippen molar-refractivity contribution < 1.29 is 23.7 Å². The molecule has 1 aliphatic heterocycles. The van der Waals surface area contributed by atoms with E-state index < -0.39 is 12.0 Å². The minimum atomic E-state index is -0.792. The fraction of sp³-hybridized carbons (Fsp3) is 0.300. The largest absolute Gasteiger partial charge is 0.493 e. The Bertz CT molecular complexity index is 1640. The average Bonchev–Trinajstić information content (AvgIpc) is 3.21. The molecule has 0 fully saturated rings. The Labute approximate surface area is 230 Å². The monoisotopic (exact) mass is 546 g/mol. The van der Waals surface area contributed by atoms with Crippen molar-refractivity contribution in [1.82, 2.24) is 4.57 Å². The molecule has 0 amide bonds. The fourth-order valence-corrected chi connectivity index (χ4v) is 5.41. The van der Waals surface area contributed by atoms with Crippen LogP contribution in [0.15, 0.2) is 63.5 Å². The number of allylic oxidation sites excluding steroid dienone is 1. The van der Waals surface area contributed by atoms with Crippen LogP contribution in [0.1, 0.15) is 44.9 Å². The summed E-state index contributed by atoms with van der Waals surface area (Å²) in [5, 5.41) is 0. The zero-order valence-electron chi connectivity index (χ0n) is 22.5. The third-order valence-electron chi connectivity index (χ3n) is 5.91. The van der Waals surface area contributed by atoms with Crippen molar-refractivity contribution in [3.8, 4) is 29.6 Å². The molecule has 9 heteroatoms. The van der Waals surface area contributed by atoms with E-state index in [-0.39, 0.29) is 30.5 Å². The highest BCUT2D eigenvalue weighted by molar-refractivity contribution is 7.07. The van der Waals surface area contributed by atoms with Gasteiger partial charge in [-0.05, 0) is 45.9 Å². The first-order valence-electron chi connectivity index (χ1n) is 12.5. The van der Waals surface area contributed by atoms with Gasteiger partial charge < -0.3 is 18.9 Å². The van der Waals surface area contributed by atoms with Gasteiger partial charge in [0, 0.05) is 11.1 Å². The van der Waals surface area contributed by atoms with Crippen LogP contribution in [0.4, 0.5) is 0 Å². The molecule has 1 atom stereocenters. The molecule has 8 nitrogen and oxygen atoms in total. The summed E-state index contributed by atoms with van der Waals surface area (Å²) in [4.78, 5) is 32.3. The van der Waals surface area contributed by atoms with Crippen LogP contribution < -0.4 is 29.1 Å². The molecule has 3 aromatic rings. The first-order chi connectivity index (χ1) is 18.8. The normalized spacial score (nSPS) is 14.9. The highest BCUT2D eigenvalue weighted by atomic mass is 32.1. The van der Waals surface area contributed by atoms with Gasteiger partial charge in [0.1, 0.15) is 18.4 Å². The van der Waals surface area contributed by atoms with Crippen molar-refractivity contribution in [2.24, 2.45) is 4.99 Å². The van der Waals surface area contributed by atoms with Gasteiger partial charge in [-0.1, -0.05) is 47.6 Å². The number of carbonyl (C=O) groups excluding carboxylic acids is 1. The number of hydrogen-bond acceptors (Lipinski definition) is 8. The van der Waals surface area contributed by atoms with E-state index in [1.807, 2.05) is 44.2 Å². The van der Waals surface area contributed by atoms with Gasteiger partial charge in [0.05, 0.1) is 35.6 Å². The van der Waals surface area contributed by atoms with Gasteiger partial charge in [-0.25, -0.2) is 9.79 Å². The smallest absolute Gasteiger partial charge is 0.338 e. The molecule has 0 unspecified atom stereocenters. The maximum Gasteiger partial charge on any atom is 0.338 e. The Kier molecular flexibility index (Phi) is 8.57. The van der Waals surface area contributed by atoms with Crippen molar-refractivity contribution in [3.05, 3.63) is 84.5 Å². The van der Waals surface area contributed by atoms with Crippen LogP contribution >= 0.6 is 11.3 Å². The number of carbonyl (C=O) groups is 1. The molecule has 39 heavy (non-hydrogen) atoms. The van der Waals surface area contributed by atoms with E-state index in [4.69, 9.17) is 25.4 Å². The van der Waals surface area contributed by atoms with E-state index in [2.05, 4.69) is 10.9 Å². The molecule has 0 spiro atoms. The van der Waals surface area contributed by atoms with E-state index in [9.17, 15) is 9.59 Å². The summed E-state index contributed by atoms with van der Waals surface area (Å²) in [5.74, 6) is 3.41. The van der Waals surface area contributed by atoms with E-state index in [1.54, 1.807) is 32.1 Å². The lowest BCUT2D eigenvalue weighted by Gasteiger charge is -2.26. The van der Waals surface area contributed by atoms with Gasteiger partial charge in [0.25, 0.3) is 5.56 Å². The Hall–Kier alpha value is -4.29. The summed E-state index contributed by atoms with van der Waals surface area (Å²) in [5.41, 5.74) is 1.73. The van der Waals surface area contributed by atoms with Crippen LogP contribution in [-0.2, 0) is 9.53 Å². The topological polar surface area (TPSA) is 88.4 Å². The molecule has 1 aromatic heterocycles. The van der Waals surface area contributed by atoms with Crippen molar-refractivity contribution in [2.75, 3.05) is 20.3 Å². The second-order valence-electron chi connectivity index (χ2n) is 8.88. The van der Waals surface area contributed by atoms with Gasteiger partial charge in [-0.2, -0.15) is 0 Å². The fourth-order valence-electron chi connectivity index (χ4n) is 4.37. The standard InChI is InChI=1S/C30H30N2O6S/c1-7-16-37-27-20(12-11-15-23(27)35-6)17-24-28(33)32-26(21-13-9-10-14-22(21)38-18(3)4)25(29(34)36-8-2)19(5)31-30(32)39-24/h1,9-15,17-18,26H,8,16H2,2-6H3/b24-17-/t26-/m0/s1. The molecule has 1 aliphatic rings. The van der Waals surface area contributed by atoms with Crippen LogP contribution in [0.25, 0.3) is 6.08 Å². The zero-order valence-corrected chi connectivity index (χ0v) is 23.3. The lowest BCUT2D eigenvalue weighted by atomic mass is 9.95. The minimum absolute atomic E-state index is 0.0389. The van der Waals surface area contributed by atoms with Crippen molar-refractivity contribution in [2.45, 2.75) is 39.8 Å². The quantitative estimate of drug-likeness (QED) is 0.301. The SMILES string of the molecule is C#CCOc1c(/C=c2\sc3n(c2=O)[C@@H](c2ccccc2OC(C)C)C(C(=O)OCC)=C(C)N=3)cccc1OC. The maximum atomic E-state index is 14.0. The summed E-state index contributed by atoms with van der Waals surface area (Å²) in [6.45, 7) is 7.55. The van der Waals surface area contributed by atoms with E-state index in [0.717, 1.165) is 0 Å². The molecule has 2 heterocycles. The molecule has 2 aromatic carbocycles. The average molecular weight is 547 g/mol. The number of benzene rings is 2. The Balaban J connectivity index is 1.98. The number of hydrogen-bond donors (Lipinski definition) is 0. The van der Waals surface area contributed by atoms with Gasteiger partial charge in [-0.15, -0.1) is 6.42 Å². The Morgan fingerprint density at radius 3 is 2.64 bits per heavy atom. The lowest BCUT2D eigenvalue weighted by Crippen LogP contribution is -2.40. The number of rotatable bonds is 9. The summed E-state index contributed by atoms with van der Waals surface area (Å²) < 4.78 is 24.6. The number of fused-ring (bicyclic) bond motifs is 1. The number of para-hydroxylation sites is 2. The third-order valence-corrected chi connectivity index (χ3v) is 6.89. The van der Waals surface area contributed by atoms with Crippen LogP contribution in [0.2, 0.25) is 0 Å². The summed E-state index contributed by atoms with van der Waals surface area (Å²) in [7, 11) is 1.53. The minimum Gasteiger partial charge on any atom is -0.493 e. The second-order valence-corrected chi connectivity index (χ2v) is 9.89. The van der Waals surface area contributed by atoms with Crippen LogP contribution in [-0.4, -0.2) is 37.0 Å². The number of methoxy groups -OCH3 is 1. The number of aromatic nitrogens is 1. The molecular weight excluding hydrogens is 516 g/mol. The number of ether oxygens (including phenoxy) is 4. The number of terminal acetylenes is 1. The summed E-state index contributed by atoms with van der Waals surface area (Å²) in [6.07, 6.45) is 7.00. The molecular formula is C30H30N2O6S. The number of thiazole rings is 1. The molecule has 0 radical (unpaired) electrons. The van der Waals surface area contributed by atoms with Crippen molar-refractivity contribution in [3.63, 3.8) is 0 Å². The molecule has 4 rings (SSSR count). The molecule has 0 aliphatic carbocycles. The highest BCUT2D eigenvalue weighted by Crippen LogP contribution is 2.36. The predicted molar refractivity (Wildman–Crippen MR) is 150 cm³/mol. The van der Waals surface area contributed by atoms with E-state index in [0.29, 0.717) is 43.4 Å². The molecule has 0 N–H and O–H groups in total. The molecule has 202 valence electrons. The highest BCUT2D eigenvalue weighted by Gasteiger charge is 2.35. The summed E-state index contributed by atoms with van der Waals surface area (Å²) in [6, 6.07) is 12.0. The van der Waals surface area contributed by atoms with Crippen LogP contribution in [0.3, 0.4) is 0 Å². The zero-order chi connectivity index (χ0) is 28.1. The molecule has 0 saturated heterocycles. The first kappa shape index (κ1) is 27.7. The Morgan fingerprint density at radius 1 is 1.21 bits per heavy atom. The predicted octanol–water partition coefficient (Wildman–Crippen LogP) is 3.61. The Morgan fingerprint density at radius 2 is 1.95 bits per heavy atom. The van der Waals surface area contributed by atoms with Gasteiger partial charge in [0.15, 0.2) is 16.3 Å². The van der Waals surface area contributed by atoms with E-state index >= 15 is 0 Å². The van der Waals surface area contributed by atoms with Crippen molar-refractivity contribution >= 4 is 23.4 Å². The summed E-state index contributed by atoms with van der Waals surface area (Å²) >= 11 is 1.22. The van der Waals surface area contributed by atoms with Gasteiger partial charge >= 0.3 is 5.97 Å². The maximum absolute atomic E-state index is 14.0. The van der Waals surface area contributed by atoms with Gasteiger partial charge in [-0.3, -0.25) is 9.36 Å². The first-order valence-corrected chi connectivity index (χ1v) is 13.3. The van der Waals surface area contributed by atoms with Crippen LogP contribution in [0, 0.1) is 12.3 Å². The molecule has 0 saturated carbocycles.